The first-order valence-corrected chi connectivity index (χ1v) is 7.82. The molecule has 1 saturated heterocycles. The molecule has 1 fully saturated rings. The highest BCUT2D eigenvalue weighted by atomic mass is 35.5. The van der Waals surface area contributed by atoms with Gasteiger partial charge < -0.3 is 5.73 Å². The number of sulfonamides is 1. The maximum Gasteiger partial charge on any atom is 0.289 e. The van der Waals surface area contributed by atoms with Gasteiger partial charge in [0.2, 0.25) is 15.9 Å². The van der Waals surface area contributed by atoms with Gasteiger partial charge in [-0.25, -0.2) is 8.42 Å². The zero-order valence-electron chi connectivity index (χ0n) is 10.7. The summed E-state index contributed by atoms with van der Waals surface area (Å²) in [5.41, 5.74) is 4.68. The number of carbonyl (C=O) groups excluding carboxylic acids is 1. The number of benzene rings is 1. The van der Waals surface area contributed by atoms with Crippen LogP contribution >= 0.6 is 11.6 Å². The summed E-state index contributed by atoms with van der Waals surface area (Å²) in [6.45, 7) is 0.145. The zero-order chi connectivity index (χ0) is 15.8. The summed E-state index contributed by atoms with van der Waals surface area (Å²) in [5, 5.41) is 10.7. The molecule has 2 N–H and O–H groups in total. The fourth-order valence-electron chi connectivity index (χ4n) is 2.24. The molecule has 21 heavy (non-hydrogen) atoms. The average molecular weight is 334 g/mol. The lowest BCUT2D eigenvalue weighted by atomic mass is 10.2. The molecule has 0 aromatic heterocycles. The van der Waals surface area contributed by atoms with E-state index in [2.05, 4.69) is 0 Å². The van der Waals surface area contributed by atoms with Crippen molar-refractivity contribution in [2.24, 2.45) is 5.73 Å². The summed E-state index contributed by atoms with van der Waals surface area (Å²) in [6.07, 6.45) is 0.840. The molecule has 1 atom stereocenters. The van der Waals surface area contributed by atoms with Crippen LogP contribution in [0.4, 0.5) is 5.69 Å². The average Bonchev–Trinajstić information content (AvgIpc) is 2.88. The quantitative estimate of drug-likeness (QED) is 0.647. The van der Waals surface area contributed by atoms with Crippen molar-refractivity contribution in [3.63, 3.8) is 0 Å². The zero-order valence-corrected chi connectivity index (χ0v) is 12.3. The van der Waals surface area contributed by atoms with Gasteiger partial charge in [-0.05, 0) is 25.0 Å². The molecular weight excluding hydrogens is 322 g/mol. The number of rotatable bonds is 4. The summed E-state index contributed by atoms with van der Waals surface area (Å²) in [7, 11) is -4.04. The molecule has 1 aromatic carbocycles. The number of nitro benzene ring substituents is 1. The molecule has 1 aliphatic heterocycles. The Balaban J connectivity index is 2.47. The number of primary amides is 1. The monoisotopic (exact) mass is 333 g/mol. The summed E-state index contributed by atoms with van der Waals surface area (Å²) in [4.78, 5) is 21.1. The van der Waals surface area contributed by atoms with Gasteiger partial charge in [-0.3, -0.25) is 14.9 Å². The minimum Gasteiger partial charge on any atom is -0.368 e. The van der Waals surface area contributed by atoms with E-state index in [1.165, 1.54) is 6.07 Å². The molecule has 1 aromatic rings. The molecule has 0 unspecified atom stereocenters. The maximum absolute atomic E-state index is 12.5. The molecular formula is C11H12ClN3O5S. The number of hydrogen-bond acceptors (Lipinski definition) is 5. The van der Waals surface area contributed by atoms with Crippen molar-refractivity contribution >= 4 is 33.2 Å². The van der Waals surface area contributed by atoms with E-state index < -0.39 is 32.6 Å². The van der Waals surface area contributed by atoms with Crippen molar-refractivity contribution in [2.75, 3.05) is 6.54 Å². The third-order valence-corrected chi connectivity index (χ3v) is 5.48. The highest BCUT2D eigenvalue weighted by Gasteiger charge is 2.39. The largest absolute Gasteiger partial charge is 0.368 e. The second kappa shape index (κ2) is 5.58. The number of hydrogen-bond donors (Lipinski definition) is 1. The van der Waals surface area contributed by atoms with Crippen LogP contribution < -0.4 is 5.73 Å². The summed E-state index contributed by atoms with van der Waals surface area (Å²) >= 11 is 5.66. The van der Waals surface area contributed by atoms with Gasteiger partial charge >= 0.3 is 0 Å². The molecule has 0 spiro atoms. The second-order valence-electron chi connectivity index (χ2n) is 4.55. The van der Waals surface area contributed by atoms with Crippen LogP contribution in [0, 0.1) is 10.1 Å². The van der Waals surface area contributed by atoms with E-state index in [0.29, 0.717) is 12.8 Å². The van der Waals surface area contributed by atoms with Crippen LogP contribution in [-0.2, 0) is 14.8 Å². The van der Waals surface area contributed by atoms with Gasteiger partial charge in [-0.1, -0.05) is 11.6 Å². The topological polar surface area (TPSA) is 124 Å². The van der Waals surface area contributed by atoms with Gasteiger partial charge in [-0.2, -0.15) is 4.31 Å². The number of nitrogens with zero attached hydrogens (tertiary/aromatic N) is 2. The predicted molar refractivity (Wildman–Crippen MR) is 74.2 cm³/mol. The van der Waals surface area contributed by atoms with E-state index in [1.54, 1.807) is 0 Å². The van der Waals surface area contributed by atoms with Crippen LogP contribution in [0.2, 0.25) is 5.02 Å². The third-order valence-electron chi connectivity index (χ3n) is 3.25. The number of carbonyl (C=O) groups is 1. The highest BCUT2D eigenvalue weighted by molar-refractivity contribution is 7.89. The molecule has 10 heteroatoms. The van der Waals surface area contributed by atoms with Crippen LogP contribution in [0.25, 0.3) is 0 Å². The van der Waals surface area contributed by atoms with Crippen LogP contribution in [0.3, 0.4) is 0 Å². The van der Waals surface area contributed by atoms with E-state index in [4.69, 9.17) is 17.3 Å². The maximum atomic E-state index is 12.5. The standard InChI is InChI=1S/C11H12ClN3O5S/c12-8-4-3-7(6-10(8)15(17)18)21(19,20)14-5-1-2-9(14)11(13)16/h3-4,6,9H,1-2,5H2,(H2,13,16)/t9-/m0/s1. The van der Waals surface area contributed by atoms with Gasteiger partial charge in [0.1, 0.15) is 11.1 Å². The first-order valence-electron chi connectivity index (χ1n) is 6.00. The van der Waals surface area contributed by atoms with Crippen LogP contribution in [0.1, 0.15) is 12.8 Å². The molecule has 8 nitrogen and oxygen atoms in total. The Hall–Kier alpha value is -1.71. The van der Waals surface area contributed by atoms with E-state index in [0.717, 1.165) is 16.4 Å². The number of amides is 1. The second-order valence-corrected chi connectivity index (χ2v) is 6.84. The Kier molecular flexibility index (Phi) is 4.17. The Morgan fingerprint density at radius 2 is 2.14 bits per heavy atom. The summed E-state index contributed by atoms with van der Waals surface area (Å²) in [5.74, 6) is -0.737. The van der Waals surface area contributed by atoms with Gasteiger partial charge in [-0.15, -0.1) is 0 Å². The van der Waals surface area contributed by atoms with Crippen LogP contribution in [0.15, 0.2) is 23.1 Å². The highest BCUT2D eigenvalue weighted by Crippen LogP contribution is 2.31. The van der Waals surface area contributed by atoms with Crippen molar-refractivity contribution in [3.8, 4) is 0 Å². The van der Waals surface area contributed by atoms with Gasteiger partial charge in [0.15, 0.2) is 0 Å². The molecule has 1 amide bonds. The molecule has 0 bridgehead atoms. The van der Waals surface area contributed by atoms with E-state index in [9.17, 15) is 23.3 Å². The summed E-state index contributed by atoms with van der Waals surface area (Å²) in [6, 6.07) is 2.27. The van der Waals surface area contributed by atoms with Gasteiger partial charge in [0, 0.05) is 12.6 Å². The Bertz CT molecular complexity index is 706. The molecule has 1 heterocycles. The number of nitrogens with two attached hydrogens (primary N) is 1. The lowest BCUT2D eigenvalue weighted by Gasteiger charge is -2.21. The normalized spacial score (nSPS) is 19.6. The van der Waals surface area contributed by atoms with Crippen molar-refractivity contribution in [1.82, 2.24) is 4.31 Å². The number of halogens is 1. The fraction of sp³-hybridized carbons (Fsp3) is 0.364. The first-order chi connectivity index (χ1) is 9.75. The lowest BCUT2D eigenvalue weighted by molar-refractivity contribution is -0.384. The Morgan fingerprint density at radius 3 is 2.71 bits per heavy atom. The smallest absolute Gasteiger partial charge is 0.289 e. The minimum atomic E-state index is -4.04. The van der Waals surface area contributed by atoms with Crippen molar-refractivity contribution < 1.29 is 18.1 Å². The molecule has 0 radical (unpaired) electrons. The molecule has 1 aliphatic rings. The molecule has 0 aliphatic carbocycles. The van der Waals surface area contributed by atoms with E-state index >= 15 is 0 Å². The lowest BCUT2D eigenvalue weighted by Crippen LogP contribution is -2.43. The minimum absolute atomic E-state index is 0.145. The predicted octanol–water partition coefficient (Wildman–Crippen LogP) is 0.887. The van der Waals surface area contributed by atoms with Crippen molar-refractivity contribution in [1.29, 1.82) is 0 Å². The van der Waals surface area contributed by atoms with Crippen LogP contribution in [0.5, 0.6) is 0 Å². The molecule has 2 rings (SSSR count). The SMILES string of the molecule is NC(=O)[C@@H]1CCCN1S(=O)(=O)c1ccc(Cl)c([N+](=O)[O-])c1. The number of nitro groups is 1. The van der Waals surface area contributed by atoms with Crippen molar-refractivity contribution in [2.45, 2.75) is 23.8 Å². The molecule has 0 saturated carbocycles. The summed E-state index contributed by atoms with van der Waals surface area (Å²) < 4.78 is 26.0. The third kappa shape index (κ3) is 2.85. The van der Waals surface area contributed by atoms with Crippen molar-refractivity contribution in [3.05, 3.63) is 33.3 Å². The first kappa shape index (κ1) is 15.7. The van der Waals surface area contributed by atoms with E-state index in [-0.39, 0.29) is 16.5 Å². The fourth-order valence-corrected chi connectivity index (χ4v) is 4.11. The Morgan fingerprint density at radius 1 is 1.48 bits per heavy atom. The molecule has 114 valence electrons. The van der Waals surface area contributed by atoms with Gasteiger partial charge in [0.05, 0.1) is 9.82 Å². The Labute approximate surface area is 125 Å². The van der Waals surface area contributed by atoms with Crippen LogP contribution in [-0.4, -0.2) is 36.1 Å². The van der Waals surface area contributed by atoms with Gasteiger partial charge in [0.25, 0.3) is 5.69 Å². The van der Waals surface area contributed by atoms with E-state index in [1.807, 2.05) is 0 Å².